The number of anilines is 1. The maximum atomic E-state index is 12.5. The number of hydrogen-bond donors (Lipinski definition) is 3. The second-order valence-electron chi connectivity index (χ2n) is 8.76. The van der Waals surface area contributed by atoms with Gasteiger partial charge in [0.2, 0.25) is 0 Å². The summed E-state index contributed by atoms with van der Waals surface area (Å²) in [6, 6.07) is 21.4. The van der Waals surface area contributed by atoms with E-state index in [0.29, 0.717) is 23.7 Å². The van der Waals surface area contributed by atoms with Crippen molar-refractivity contribution in [2.24, 2.45) is 5.73 Å². The van der Waals surface area contributed by atoms with E-state index < -0.39 is 12.1 Å². The summed E-state index contributed by atoms with van der Waals surface area (Å²) >= 11 is 0. The van der Waals surface area contributed by atoms with Gasteiger partial charge in [0.1, 0.15) is 18.1 Å². The van der Waals surface area contributed by atoms with Crippen LogP contribution in [0.5, 0.6) is 5.75 Å². The minimum Gasteiger partial charge on any atom is -0.490 e. The van der Waals surface area contributed by atoms with Crippen LogP contribution in [0.4, 0.5) is 18.9 Å². The number of pyridine rings is 1. The van der Waals surface area contributed by atoms with Crippen molar-refractivity contribution in [3.63, 3.8) is 0 Å². The number of amides is 1. The van der Waals surface area contributed by atoms with Gasteiger partial charge in [0.25, 0.3) is 5.91 Å². The second-order valence-corrected chi connectivity index (χ2v) is 8.76. The highest BCUT2D eigenvalue weighted by Crippen LogP contribution is 2.36. The Kier molecular flexibility index (Phi) is 8.65. The molecule has 0 radical (unpaired) electrons. The smallest absolute Gasteiger partial charge is 0.490 e. The lowest BCUT2D eigenvalue weighted by molar-refractivity contribution is -0.192. The van der Waals surface area contributed by atoms with Crippen LogP contribution < -0.4 is 15.8 Å². The third-order valence-electron chi connectivity index (χ3n) is 5.73. The van der Waals surface area contributed by atoms with Crippen molar-refractivity contribution in [3.05, 3.63) is 102 Å². The summed E-state index contributed by atoms with van der Waals surface area (Å²) in [6.45, 7) is 0.388. The Morgan fingerprint density at radius 2 is 1.82 bits per heavy atom. The maximum Gasteiger partial charge on any atom is 0.490 e. The van der Waals surface area contributed by atoms with Crippen LogP contribution in [0.15, 0.2) is 89.8 Å². The molecule has 11 heteroatoms. The van der Waals surface area contributed by atoms with Crippen LogP contribution in [0.1, 0.15) is 16.9 Å². The largest absolute Gasteiger partial charge is 0.490 e. The standard InChI is InChI=1S/C27H23N3O3.C2HF3O2/c28-21(11-18-5-2-1-3-6-18)17-33-23-12-20(15-29-16-23)19-8-9-26-24(13-19)25(27(31)30-26)14-22-7-4-10-32-22;3-2(4,5)1(6)7/h1-10,12-16,21H,11,17,28H2,(H,30,31);(H,6,7)/b25-14+;/t21-;/m0./s1. The van der Waals surface area contributed by atoms with Gasteiger partial charge >= 0.3 is 12.1 Å². The van der Waals surface area contributed by atoms with Crippen molar-refractivity contribution in [1.29, 1.82) is 0 Å². The molecule has 2 aromatic heterocycles. The highest BCUT2D eigenvalue weighted by Gasteiger charge is 2.38. The monoisotopic (exact) mass is 551 g/mol. The lowest BCUT2D eigenvalue weighted by atomic mass is 10.00. The topological polar surface area (TPSA) is 128 Å². The zero-order valence-electron chi connectivity index (χ0n) is 20.9. The van der Waals surface area contributed by atoms with Gasteiger partial charge in [0.05, 0.1) is 18.0 Å². The van der Waals surface area contributed by atoms with Gasteiger partial charge in [-0.3, -0.25) is 9.78 Å². The fraction of sp³-hybridized carbons (Fsp3) is 0.138. The number of aliphatic carboxylic acids is 1. The van der Waals surface area contributed by atoms with E-state index in [1.807, 2.05) is 48.5 Å². The zero-order valence-corrected chi connectivity index (χ0v) is 20.9. The van der Waals surface area contributed by atoms with Crippen LogP contribution >= 0.6 is 0 Å². The first-order valence-electron chi connectivity index (χ1n) is 12.0. The SMILES string of the molecule is N[C@H](COc1cncc(-c2ccc3c(c2)/C(=C\c2ccco2)C(=O)N3)c1)Cc1ccccc1.O=C(O)C(F)(F)F. The van der Waals surface area contributed by atoms with Crippen LogP contribution in [0.25, 0.3) is 22.8 Å². The molecule has 0 aliphatic carbocycles. The Morgan fingerprint density at radius 1 is 1.07 bits per heavy atom. The van der Waals surface area contributed by atoms with Gasteiger partial charge < -0.3 is 25.3 Å². The van der Waals surface area contributed by atoms with Crippen molar-refractivity contribution >= 4 is 29.2 Å². The molecule has 5 rings (SSSR count). The summed E-state index contributed by atoms with van der Waals surface area (Å²) in [5, 5.41) is 10.0. The van der Waals surface area contributed by atoms with Crippen molar-refractivity contribution in [2.75, 3.05) is 11.9 Å². The molecule has 0 bridgehead atoms. The average molecular weight is 552 g/mol. The lowest BCUT2D eigenvalue weighted by Crippen LogP contribution is -2.30. The molecule has 2 aromatic carbocycles. The van der Waals surface area contributed by atoms with E-state index in [4.69, 9.17) is 24.8 Å². The molecule has 0 unspecified atom stereocenters. The number of aromatic nitrogens is 1. The Bertz CT molecular complexity index is 1500. The number of hydrogen-bond acceptors (Lipinski definition) is 6. The molecule has 1 atom stereocenters. The molecule has 1 amide bonds. The molecule has 3 heterocycles. The number of carboxylic acid groups (broad SMARTS) is 1. The van der Waals surface area contributed by atoms with E-state index in [9.17, 15) is 18.0 Å². The van der Waals surface area contributed by atoms with Gasteiger partial charge in [-0.15, -0.1) is 0 Å². The summed E-state index contributed by atoms with van der Waals surface area (Å²) in [4.78, 5) is 25.7. The lowest BCUT2D eigenvalue weighted by Gasteiger charge is -2.14. The van der Waals surface area contributed by atoms with Crippen molar-refractivity contribution in [3.8, 4) is 16.9 Å². The van der Waals surface area contributed by atoms with Crippen molar-refractivity contribution in [1.82, 2.24) is 4.98 Å². The van der Waals surface area contributed by atoms with Crippen molar-refractivity contribution < 1.29 is 37.0 Å². The molecule has 0 saturated carbocycles. The number of halogens is 3. The number of carboxylic acids is 1. The van der Waals surface area contributed by atoms with Crippen LogP contribution in [-0.2, 0) is 16.0 Å². The summed E-state index contributed by atoms with van der Waals surface area (Å²) in [7, 11) is 0. The number of benzene rings is 2. The predicted octanol–water partition coefficient (Wildman–Crippen LogP) is 5.42. The van der Waals surface area contributed by atoms with E-state index in [1.165, 1.54) is 5.56 Å². The maximum absolute atomic E-state index is 12.5. The highest BCUT2D eigenvalue weighted by molar-refractivity contribution is 6.35. The van der Waals surface area contributed by atoms with Gasteiger partial charge in [-0.2, -0.15) is 13.2 Å². The fourth-order valence-electron chi connectivity index (χ4n) is 3.86. The highest BCUT2D eigenvalue weighted by atomic mass is 19.4. The first kappa shape index (κ1) is 28.1. The third-order valence-corrected chi connectivity index (χ3v) is 5.73. The summed E-state index contributed by atoms with van der Waals surface area (Å²) in [5.74, 6) is -1.63. The number of nitrogens with two attached hydrogens (primary N) is 1. The van der Waals surface area contributed by atoms with Crippen LogP contribution in [0.2, 0.25) is 0 Å². The summed E-state index contributed by atoms with van der Waals surface area (Å²) in [5.41, 5.74) is 11.4. The molecular weight excluding hydrogens is 527 g/mol. The van der Waals surface area contributed by atoms with E-state index in [-0.39, 0.29) is 11.9 Å². The van der Waals surface area contributed by atoms with Crippen LogP contribution in [-0.4, -0.2) is 40.8 Å². The number of rotatable bonds is 7. The number of ether oxygens (including phenoxy) is 1. The van der Waals surface area contributed by atoms with Gasteiger partial charge in [-0.05, 0) is 54.0 Å². The predicted molar refractivity (Wildman–Crippen MR) is 142 cm³/mol. The first-order chi connectivity index (χ1) is 19.1. The van der Waals surface area contributed by atoms with E-state index >= 15 is 0 Å². The van der Waals surface area contributed by atoms with E-state index in [0.717, 1.165) is 28.8 Å². The molecule has 1 aliphatic heterocycles. The van der Waals surface area contributed by atoms with Crippen molar-refractivity contribution in [2.45, 2.75) is 18.6 Å². The molecule has 206 valence electrons. The van der Waals surface area contributed by atoms with Crippen LogP contribution in [0.3, 0.4) is 0 Å². The normalized spacial score (nSPS) is 14.1. The zero-order chi connectivity index (χ0) is 28.7. The molecule has 0 spiro atoms. The summed E-state index contributed by atoms with van der Waals surface area (Å²) in [6.07, 6.45) is 2.44. The molecule has 0 saturated heterocycles. The summed E-state index contributed by atoms with van der Waals surface area (Å²) < 4.78 is 43.0. The number of carbonyl (C=O) groups is 2. The number of carbonyl (C=O) groups excluding carboxylic acids is 1. The molecule has 0 fully saturated rings. The molecule has 1 aliphatic rings. The number of nitrogens with zero attached hydrogens (tertiary/aromatic N) is 1. The average Bonchev–Trinajstić information content (AvgIpc) is 3.55. The number of fused-ring (bicyclic) bond motifs is 1. The number of nitrogens with one attached hydrogen (secondary N) is 1. The quantitative estimate of drug-likeness (QED) is 0.262. The molecule has 40 heavy (non-hydrogen) atoms. The number of furan rings is 1. The van der Waals surface area contributed by atoms with Gasteiger partial charge in [-0.25, -0.2) is 4.79 Å². The van der Waals surface area contributed by atoms with Gasteiger partial charge in [0.15, 0.2) is 0 Å². The minimum atomic E-state index is -5.08. The molecule has 4 aromatic rings. The second kappa shape index (κ2) is 12.3. The fourth-order valence-corrected chi connectivity index (χ4v) is 3.86. The third kappa shape index (κ3) is 7.35. The van der Waals surface area contributed by atoms with E-state index in [1.54, 1.807) is 30.8 Å². The van der Waals surface area contributed by atoms with E-state index in [2.05, 4.69) is 22.4 Å². The molecular formula is C29H24F3N3O5. The van der Waals surface area contributed by atoms with Gasteiger partial charge in [0, 0.05) is 29.1 Å². The Hall–Kier alpha value is -4.90. The Morgan fingerprint density at radius 3 is 2.50 bits per heavy atom. The Labute approximate surface area is 226 Å². The molecule has 8 nitrogen and oxygen atoms in total. The Balaban J connectivity index is 0.000000470. The van der Waals surface area contributed by atoms with Crippen LogP contribution in [0, 0.1) is 0 Å². The molecule has 4 N–H and O–H groups in total. The first-order valence-corrected chi connectivity index (χ1v) is 12.0. The minimum absolute atomic E-state index is 0.123. The number of alkyl halides is 3. The van der Waals surface area contributed by atoms with Gasteiger partial charge in [-0.1, -0.05) is 36.4 Å².